The van der Waals surface area contributed by atoms with Crippen molar-refractivity contribution in [3.63, 3.8) is 0 Å². The molecule has 3 rings (SSSR count). The molecule has 0 aliphatic carbocycles. The van der Waals surface area contributed by atoms with Crippen molar-refractivity contribution < 1.29 is 4.39 Å². The third-order valence-electron chi connectivity index (χ3n) is 4.19. The summed E-state index contributed by atoms with van der Waals surface area (Å²) in [6, 6.07) is 15.0. The number of hydrogen-bond donors (Lipinski definition) is 3. The summed E-state index contributed by atoms with van der Waals surface area (Å²) >= 11 is 1.59. The van der Waals surface area contributed by atoms with E-state index >= 15 is 0 Å². The highest BCUT2D eigenvalue weighted by atomic mass is 32.2. The van der Waals surface area contributed by atoms with Crippen molar-refractivity contribution >= 4 is 33.1 Å². The number of nitrogens with one attached hydrogen (secondary N) is 2. The van der Waals surface area contributed by atoms with Gasteiger partial charge in [-0.15, -0.1) is 11.8 Å². The number of fused-ring (bicyclic) bond motifs is 1. The first-order chi connectivity index (χ1) is 13.2. The Morgan fingerprint density at radius 3 is 2.78 bits per heavy atom. The van der Waals surface area contributed by atoms with Crippen molar-refractivity contribution in [1.29, 1.82) is 0 Å². The van der Waals surface area contributed by atoms with E-state index in [4.69, 9.17) is 5.73 Å². The van der Waals surface area contributed by atoms with Gasteiger partial charge in [0, 0.05) is 41.3 Å². The Bertz CT molecular complexity index is 942. The van der Waals surface area contributed by atoms with E-state index in [1.54, 1.807) is 30.1 Å². The van der Waals surface area contributed by atoms with Crippen LogP contribution in [-0.2, 0) is 0 Å². The topological polar surface area (TPSA) is 63.0 Å². The quantitative estimate of drug-likeness (QED) is 0.315. The Balaban J connectivity index is 2.08. The second-order valence-electron chi connectivity index (χ2n) is 5.97. The fourth-order valence-corrected chi connectivity index (χ4v) is 3.64. The summed E-state index contributed by atoms with van der Waals surface area (Å²) in [5.74, 6) is -0.254. The maximum Gasteiger partial charge on any atom is 0.132 e. The summed E-state index contributed by atoms with van der Waals surface area (Å²) in [4.78, 5) is 5.14. The zero-order valence-electron chi connectivity index (χ0n) is 15.2. The maximum absolute atomic E-state index is 14.5. The molecule has 0 saturated carbocycles. The predicted molar refractivity (Wildman–Crippen MR) is 114 cm³/mol. The molecule has 1 heterocycles. The molecule has 140 valence electrons. The number of hydrogen-bond acceptors (Lipinski definition) is 5. The number of thioether (sulfide) groups is 1. The van der Waals surface area contributed by atoms with Gasteiger partial charge in [0.1, 0.15) is 5.82 Å². The van der Waals surface area contributed by atoms with Gasteiger partial charge in [-0.3, -0.25) is 10.3 Å². The molecule has 0 aliphatic heterocycles. The Morgan fingerprint density at radius 2 is 2.00 bits per heavy atom. The van der Waals surface area contributed by atoms with Crippen molar-refractivity contribution in [2.45, 2.75) is 0 Å². The lowest BCUT2D eigenvalue weighted by Crippen LogP contribution is -2.32. The summed E-state index contributed by atoms with van der Waals surface area (Å²) in [6.45, 7) is 1.74. The smallest absolute Gasteiger partial charge is 0.132 e. The molecule has 27 heavy (non-hydrogen) atoms. The molecule has 4 nitrogen and oxygen atoms in total. The fourth-order valence-electron chi connectivity index (χ4n) is 2.89. The van der Waals surface area contributed by atoms with Gasteiger partial charge in [0.15, 0.2) is 0 Å². The van der Waals surface area contributed by atoms with Crippen LogP contribution in [0, 0.1) is 5.82 Å². The molecule has 0 bridgehead atoms. The van der Waals surface area contributed by atoms with Gasteiger partial charge in [-0.1, -0.05) is 24.3 Å². The van der Waals surface area contributed by atoms with Crippen LogP contribution in [0.15, 0.2) is 60.9 Å². The summed E-state index contributed by atoms with van der Waals surface area (Å²) in [5, 5.41) is 8.73. The molecule has 0 amide bonds. The second kappa shape index (κ2) is 9.50. The van der Waals surface area contributed by atoms with E-state index in [0.717, 1.165) is 26.9 Å². The Kier molecular flexibility index (Phi) is 6.81. The summed E-state index contributed by atoms with van der Waals surface area (Å²) in [5.41, 5.74) is 7.88. The van der Waals surface area contributed by atoms with Crippen LogP contribution in [0.5, 0.6) is 0 Å². The molecule has 0 atom stereocenters. The van der Waals surface area contributed by atoms with Gasteiger partial charge >= 0.3 is 0 Å². The van der Waals surface area contributed by atoms with Gasteiger partial charge in [0.2, 0.25) is 0 Å². The zero-order chi connectivity index (χ0) is 19.1. The second-order valence-corrected chi connectivity index (χ2v) is 6.78. The monoisotopic (exact) mass is 382 g/mol. The lowest BCUT2D eigenvalue weighted by atomic mass is 10.0. The number of nitrogens with two attached hydrogens (primary N) is 1. The molecule has 0 fully saturated rings. The minimum Gasteiger partial charge on any atom is -0.371 e. The van der Waals surface area contributed by atoms with E-state index in [9.17, 15) is 4.39 Å². The average Bonchev–Trinajstić information content (AvgIpc) is 2.71. The lowest BCUT2D eigenvalue weighted by molar-refractivity contribution is 0.618. The number of benzene rings is 2. The van der Waals surface area contributed by atoms with Gasteiger partial charge in [-0.05, 0) is 41.5 Å². The third-order valence-corrected chi connectivity index (χ3v) is 5.04. The minimum absolute atomic E-state index is 0.254. The fraction of sp³-hybridized carbons (Fsp3) is 0.190. The highest BCUT2D eigenvalue weighted by Crippen LogP contribution is 2.34. The summed E-state index contributed by atoms with van der Waals surface area (Å²) in [6.07, 6.45) is 5.62. The first-order valence-corrected chi connectivity index (χ1v) is 9.99. The van der Waals surface area contributed by atoms with Crippen LogP contribution in [0.25, 0.3) is 21.4 Å². The van der Waals surface area contributed by atoms with E-state index in [0.29, 0.717) is 25.3 Å². The predicted octanol–water partition coefficient (Wildman–Crippen LogP) is 3.66. The zero-order valence-corrected chi connectivity index (χ0v) is 16.0. The molecule has 4 N–H and O–H groups in total. The third kappa shape index (κ3) is 4.66. The number of rotatable bonds is 8. The van der Waals surface area contributed by atoms with Crippen molar-refractivity contribution in [3.05, 3.63) is 77.9 Å². The van der Waals surface area contributed by atoms with Gasteiger partial charge in [0.25, 0.3) is 0 Å². The van der Waals surface area contributed by atoms with Crippen LogP contribution in [0.1, 0.15) is 11.1 Å². The van der Waals surface area contributed by atoms with Gasteiger partial charge in [-0.2, -0.15) is 0 Å². The van der Waals surface area contributed by atoms with E-state index in [1.165, 1.54) is 6.07 Å². The number of pyridine rings is 1. The van der Waals surface area contributed by atoms with Crippen LogP contribution in [0.3, 0.4) is 0 Å². The molecule has 0 aliphatic rings. The number of aromatic nitrogens is 1. The van der Waals surface area contributed by atoms with Gasteiger partial charge < -0.3 is 11.1 Å². The molecule has 3 aromatic rings. The van der Waals surface area contributed by atoms with Gasteiger partial charge in [0.05, 0.1) is 12.4 Å². The number of halogens is 1. The molecule has 2 aromatic carbocycles. The van der Waals surface area contributed by atoms with E-state index in [1.807, 2.05) is 36.7 Å². The largest absolute Gasteiger partial charge is 0.371 e. The summed E-state index contributed by atoms with van der Waals surface area (Å²) in [7, 11) is 0. The maximum atomic E-state index is 14.5. The summed E-state index contributed by atoms with van der Waals surface area (Å²) < 4.78 is 14.5. The highest BCUT2D eigenvalue weighted by Gasteiger charge is 2.15. The van der Waals surface area contributed by atoms with Gasteiger partial charge in [-0.25, -0.2) is 4.39 Å². The Hall–Kier alpha value is -2.41. The highest BCUT2D eigenvalue weighted by molar-refractivity contribution is 8.07. The van der Waals surface area contributed by atoms with E-state index in [2.05, 4.69) is 21.7 Å². The van der Waals surface area contributed by atoms with Crippen LogP contribution in [-0.4, -0.2) is 31.0 Å². The Labute approximate surface area is 163 Å². The molecule has 0 spiro atoms. The molecule has 0 radical (unpaired) electrons. The van der Waals surface area contributed by atoms with Crippen LogP contribution < -0.4 is 16.4 Å². The van der Waals surface area contributed by atoms with Crippen LogP contribution >= 0.6 is 11.8 Å². The lowest BCUT2D eigenvalue weighted by Gasteiger charge is -2.18. The first-order valence-electron chi connectivity index (χ1n) is 8.76. The molecule has 0 saturated heterocycles. The molecular formula is C21H23FN4S. The van der Waals surface area contributed by atoms with Crippen molar-refractivity contribution in [3.8, 4) is 0 Å². The van der Waals surface area contributed by atoms with Crippen molar-refractivity contribution in [2.75, 3.05) is 26.0 Å². The normalized spacial score (nSPS) is 12.1. The van der Waals surface area contributed by atoms with Crippen LogP contribution in [0.4, 0.5) is 4.39 Å². The first kappa shape index (κ1) is 19.4. The molecule has 0 unspecified atom stereocenters. The van der Waals surface area contributed by atoms with Crippen molar-refractivity contribution in [1.82, 2.24) is 15.6 Å². The Morgan fingerprint density at radius 1 is 1.15 bits per heavy atom. The minimum atomic E-state index is -0.254. The molecule has 6 heteroatoms. The van der Waals surface area contributed by atoms with Crippen molar-refractivity contribution in [2.24, 2.45) is 5.73 Å². The standard InChI is InChI=1S/C21H23FN4S/c1-27-21(16-6-7-17-13-24-10-8-15(17)12-16)20(26-14-25-11-9-23)18-4-2-3-5-19(18)22/h2-8,10,12-13,25-26H,9,11,14,23H2,1H3/b21-20-. The van der Waals surface area contributed by atoms with E-state index in [-0.39, 0.29) is 5.82 Å². The van der Waals surface area contributed by atoms with Crippen LogP contribution in [0.2, 0.25) is 0 Å². The number of nitrogens with zero attached hydrogens (tertiary/aromatic N) is 1. The SMILES string of the molecule is CS/C(=C(\NCNCCN)c1ccccc1F)c1ccc2cnccc2c1. The average molecular weight is 383 g/mol. The molecular weight excluding hydrogens is 359 g/mol. The molecule has 1 aromatic heterocycles. The van der Waals surface area contributed by atoms with E-state index < -0.39 is 0 Å².